The molecule has 298 valence electrons. The van der Waals surface area contributed by atoms with Gasteiger partial charge in [-0.2, -0.15) is 21.0 Å². The molecule has 6 aliphatic rings. The molecule has 0 amide bonds. The monoisotopic (exact) mass is 862 g/mol. The average molecular weight is 863 g/mol. The van der Waals surface area contributed by atoms with E-state index in [0.717, 1.165) is 102 Å². The highest BCUT2D eigenvalue weighted by molar-refractivity contribution is 7.24. The molecular weight excluding hydrogens is 825 g/mol. The van der Waals surface area contributed by atoms with Gasteiger partial charge in [0.25, 0.3) is 0 Å². The molecule has 2 atom stereocenters. The number of hydrogen-bond acceptors (Lipinski definition) is 12. The zero-order chi connectivity index (χ0) is 41.2. The number of ether oxygens (including phenoxy) is 4. The van der Waals surface area contributed by atoms with Gasteiger partial charge in [-0.05, 0) is 86.8 Å². The van der Waals surface area contributed by atoms with E-state index < -0.39 is 11.2 Å². The molecule has 12 heteroatoms. The Morgan fingerprint density at radius 3 is 1.33 bits per heavy atom. The Morgan fingerprint density at radius 2 is 0.967 bits per heavy atom. The summed E-state index contributed by atoms with van der Waals surface area (Å²) in [5.74, 6) is 3.55. The zero-order valence-corrected chi connectivity index (χ0v) is 36.3. The fourth-order valence-corrected chi connectivity index (χ4v) is 14.5. The van der Waals surface area contributed by atoms with Crippen LogP contribution in [0.2, 0.25) is 0 Å². The molecule has 2 aliphatic heterocycles. The van der Waals surface area contributed by atoms with Crippen LogP contribution in [0.4, 0.5) is 0 Å². The first-order valence-corrected chi connectivity index (χ1v) is 23.5. The quantitative estimate of drug-likeness (QED) is 0.175. The van der Waals surface area contributed by atoms with Crippen LogP contribution < -0.4 is 18.9 Å². The van der Waals surface area contributed by atoms with Gasteiger partial charge < -0.3 is 18.9 Å². The van der Waals surface area contributed by atoms with Crippen LogP contribution in [-0.4, -0.2) is 25.4 Å². The van der Waals surface area contributed by atoms with Gasteiger partial charge in [0.1, 0.15) is 69.6 Å². The van der Waals surface area contributed by atoms with Crippen molar-refractivity contribution in [2.24, 2.45) is 11.8 Å². The second kappa shape index (κ2) is 15.1. The minimum Gasteiger partial charge on any atom is -0.495 e. The van der Waals surface area contributed by atoms with Gasteiger partial charge >= 0.3 is 0 Å². The summed E-state index contributed by atoms with van der Waals surface area (Å²) in [6.07, 6.45) is 24.0. The van der Waals surface area contributed by atoms with Crippen LogP contribution in [0, 0.1) is 57.2 Å². The van der Waals surface area contributed by atoms with Crippen LogP contribution in [-0.2, 0) is 0 Å². The fourth-order valence-electron chi connectivity index (χ4n) is 9.92. The van der Waals surface area contributed by atoms with Crippen molar-refractivity contribution in [1.29, 1.82) is 21.0 Å². The van der Waals surface area contributed by atoms with E-state index in [-0.39, 0.29) is 23.0 Å². The average Bonchev–Trinajstić information content (AvgIpc) is 4.09. The highest BCUT2D eigenvalue weighted by Gasteiger charge is 2.50. The number of nitrogens with zero attached hydrogens (tertiary/aromatic N) is 4. The van der Waals surface area contributed by atoms with Crippen molar-refractivity contribution in [2.45, 2.75) is 75.4 Å². The third-order valence-electron chi connectivity index (χ3n) is 12.6. The summed E-state index contributed by atoms with van der Waals surface area (Å²) < 4.78 is 26.1. The lowest BCUT2D eigenvalue weighted by molar-refractivity contribution is 0.0636. The summed E-state index contributed by atoms with van der Waals surface area (Å²) in [5.41, 5.74) is 4.47. The predicted molar refractivity (Wildman–Crippen MR) is 239 cm³/mol. The SMILES string of the molecule is COc1cc(C=C(C#N)C#N)sc1-c1cc2c(s1)C1=CC3C=C4C(=CC3C=C1C1(CCCCC1)O2)c1sc(-c2sc(C=C(C#N)C#N)cc2OC)cc1OC41CCCCC1. The Hall–Kier alpha value is -5.60. The Morgan fingerprint density at radius 1 is 0.567 bits per heavy atom. The molecule has 2 spiro atoms. The zero-order valence-electron chi connectivity index (χ0n) is 33.1. The maximum atomic E-state index is 9.41. The van der Waals surface area contributed by atoms with Crippen molar-refractivity contribution < 1.29 is 18.9 Å². The molecule has 0 N–H and O–H groups in total. The largest absolute Gasteiger partial charge is 0.495 e. The number of nitriles is 4. The molecule has 4 aromatic heterocycles. The number of methoxy groups -OCH3 is 2. The molecule has 6 heterocycles. The lowest BCUT2D eigenvalue weighted by Gasteiger charge is -2.48. The molecule has 2 unspecified atom stereocenters. The second-order valence-electron chi connectivity index (χ2n) is 16.1. The number of hydrogen-bond donors (Lipinski definition) is 0. The first-order chi connectivity index (χ1) is 29.3. The van der Waals surface area contributed by atoms with Gasteiger partial charge in [0, 0.05) is 44.9 Å². The normalized spacial score (nSPS) is 21.0. The van der Waals surface area contributed by atoms with E-state index in [1.54, 1.807) is 49.0 Å². The van der Waals surface area contributed by atoms with Gasteiger partial charge in [-0.1, -0.05) is 37.1 Å². The van der Waals surface area contributed by atoms with Gasteiger partial charge in [-0.15, -0.1) is 45.3 Å². The van der Waals surface area contributed by atoms with E-state index in [0.29, 0.717) is 11.5 Å². The molecule has 2 fully saturated rings. The molecule has 10 rings (SSSR count). The van der Waals surface area contributed by atoms with E-state index in [2.05, 4.69) is 36.4 Å². The molecule has 0 saturated heterocycles. The minimum absolute atomic E-state index is 0.0568. The Balaban J connectivity index is 1.08. The smallest absolute Gasteiger partial charge is 0.139 e. The van der Waals surface area contributed by atoms with Crippen molar-refractivity contribution in [3.8, 4) is 66.8 Å². The number of fused-ring (bicyclic) bond motifs is 9. The van der Waals surface area contributed by atoms with Crippen molar-refractivity contribution in [3.63, 3.8) is 0 Å². The lowest BCUT2D eigenvalue weighted by atomic mass is 9.65. The second-order valence-corrected chi connectivity index (χ2v) is 20.3. The summed E-state index contributed by atoms with van der Waals surface area (Å²) in [6, 6.07) is 16.0. The highest BCUT2D eigenvalue weighted by Crippen LogP contribution is 2.61. The Bertz CT molecular complexity index is 2610. The highest BCUT2D eigenvalue weighted by atomic mass is 32.1. The minimum atomic E-state index is -0.398. The molecule has 0 radical (unpaired) electrons. The van der Waals surface area contributed by atoms with E-state index in [9.17, 15) is 21.0 Å². The van der Waals surface area contributed by atoms with Crippen molar-refractivity contribution >= 4 is 68.6 Å². The third kappa shape index (κ3) is 6.29. The van der Waals surface area contributed by atoms with Crippen molar-refractivity contribution in [2.75, 3.05) is 14.2 Å². The van der Waals surface area contributed by atoms with Crippen molar-refractivity contribution in [3.05, 3.63) is 90.4 Å². The molecule has 2 saturated carbocycles. The molecule has 4 aliphatic carbocycles. The van der Waals surface area contributed by atoms with Crippen molar-refractivity contribution in [1.82, 2.24) is 0 Å². The molecule has 8 nitrogen and oxygen atoms in total. The van der Waals surface area contributed by atoms with Crippen LogP contribution in [0.15, 0.2) is 70.9 Å². The number of thiophene rings is 4. The van der Waals surface area contributed by atoms with Crippen LogP contribution in [0.1, 0.15) is 83.7 Å². The van der Waals surface area contributed by atoms with Gasteiger partial charge in [0.2, 0.25) is 0 Å². The van der Waals surface area contributed by atoms with Gasteiger partial charge in [0.05, 0.1) is 43.5 Å². The predicted octanol–water partition coefficient (Wildman–Crippen LogP) is 12.9. The number of allylic oxidation sites excluding steroid dienone is 6. The van der Waals surface area contributed by atoms with E-state index in [4.69, 9.17) is 18.9 Å². The molecule has 60 heavy (non-hydrogen) atoms. The fraction of sp³-hybridized carbons (Fsp3) is 0.333. The number of rotatable bonds is 6. The first kappa shape index (κ1) is 38.6. The van der Waals surface area contributed by atoms with Gasteiger partial charge in [-0.3, -0.25) is 0 Å². The molecule has 4 aromatic rings. The topological polar surface area (TPSA) is 132 Å². The third-order valence-corrected chi connectivity index (χ3v) is 17.4. The molecule has 0 bridgehead atoms. The maximum Gasteiger partial charge on any atom is 0.139 e. The van der Waals surface area contributed by atoms with Crippen LogP contribution in [0.25, 0.3) is 42.8 Å². The summed E-state index contributed by atoms with van der Waals surface area (Å²) >= 11 is 6.48. The summed E-state index contributed by atoms with van der Waals surface area (Å²) in [4.78, 5) is 7.85. The van der Waals surface area contributed by atoms with Crippen LogP contribution in [0.3, 0.4) is 0 Å². The van der Waals surface area contributed by atoms with E-state index in [1.807, 2.05) is 36.4 Å². The lowest BCUT2D eigenvalue weighted by Crippen LogP contribution is -2.45. The summed E-state index contributed by atoms with van der Waals surface area (Å²) in [7, 11) is 3.31. The Kier molecular flexibility index (Phi) is 9.74. The summed E-state index contributed by atoms with van der Waals surface area (Å²) in [6.45, 7) is 0. The molecule has 0 aromatic carbocycles. The first-order valence-electron chi connectivity index (χ1n) is 20.3. The van der Waals surface area contributed by atoms with Gasteiger partial charge in [-0.25, -0.2) is 0 Å². The van der Waals surface area contributed by atoms with Crippen LogP contribution in [0.5, 0.6) is 23.0 Å². The van der Waals surface area contributed by atoms with E-state index in [1.165, 1.54) is 57.8 Å². The standard InChI is InChI=1S/C48H38N4O4S4/c1-53-37-19-31(13-27(23-49)24-50)57-45(37)41-21-39-43(59-41)33-15-29-18-36-34(16-30(29)17-35(33)47(55-39)9-5-3-6-10-47)44-40(56-48(36)11-7-4-8-12-48)22-42(60-44)46-38(54-2)20-32(58-46)14-28(25-51)26-52/h13-22,29-30H,3-12H2,1-2H3. The van der Waals surface area contributed by atoms with E-state index >= 15 is 0 Å². The molecular formula is C48H38N4O4S4. The van der Waals surface area contributed by atoms with Crippen LogP contribution >= 0.6 is 45.3 Å². The van der Waals surface area contributed by atoms with Gasteiger partial charge in [0.15, 0.2) is 0 Å². The summed E-state index contributed by atoms with van der Waals surface area (Å²) in [5, 5.41) is 37.6. The maximum absolute atomic E-state index is 9.41. The Labute approximate surface area is 365 Å².